The summed E-state index contributed by atoms with van der Waals surface area (Å²) < 4.78 is 5.48. The molecule has 0 amide bonds. The van der Waals surface area contributed by atoms with Gasteiger partial charge in [0.25, 0.3) is 0 Å². The fraction of sp³-hybridized carbons (Fsp3) is 0.125. The van der Waals surface area contributed by atoms with Crippen LogP contribution in [0.3, 0.4) is 0 Å². The smallest absolute Gasteiger partial charge is 0.179 e. The van der Waals surface area contributed by atoms with Crippen LogP contribution in [0.25, 0.3) is 22.6 Å². The number of rotatable bonds is 2. The monoisotopic (exact) mass is 265 g/mol. The van der Waals surface area contributed by atoms with Gasteiger partial charge in [-0.25, -0.2) is 0 Å². The molecule has 0 atom stereocenters. The van der Waals surface area contributed by atoms with Gasteiger partial charge in [-0.05, 0) is 37.1 Å². The fourth-order valence-electron chi connectivity index (χ4n) is 2.40. The zero-order valence-electron chi connectivity index (χ0n) is 11.4. The fourth-order valence-corrected chi connectivity index (χ4v) is 2.40. The van der Waals surface area contributed by atoms with Gasteiger partial charge < -0.3 is 10.3 Å². The van der Waals surface area contributed by atoms with Crippen LogP contribution < -0.4 is 5.73 Å². The molecule has 2 heterocycles. The number of nitrogens with zero attached hydrogens (tertiary/aromatic N) is 2. The maximum atomic E-state index is 5.97. The van der Waals surface area contributed by atoms with Gasteiger partial charge in [-0.15, -0.1) is 0 Å². The molecule has 2 N–H and O–H groups in total. The first-order valence-electron chi connectivity index (χ1n) is 6.41. The molecule has 3 aromatic rings. The van der Waals surface area contributed by atoms with Crippen molar-refractivity contribution in [2.45, 2.75) is 13.8 Å². The summed E-state index contributed by atoms with van der Waals surface area (Å²) >= 11 is 0. The normalized spacial score (nSPS) is 10.7. The number of nitrogens with two attached hydrogens (primary N) is 1. The number of benzene rings is 1. The Balaban J connectivity index is 2.27. The van der Waals surface area contributed by atoms with E-state index in [1.54, 1.807) is 6.20 Å². The number of aromatic nitrogens is 2. The molecule has 0 aliphatic carbocycles. The van der Waals surface area contributed by atoms with Gasteiger partial charge in [0.15, 0.2) is 11.6 Å². The highest BCUT2D eigenvalue weighted by Gasteiger charge is 2.21. The lowest BCUT2D eigenvalue weighted by Gasteiger charge is -2.08. The van der Waals surface area contributed by atoms with Gasteiger partial charge >= 0.3 is 0 Å². The van der Waals surface area contributed by atoms with E-state index in [2.05, 4.69) is 10.1 Å². The maximum Gasteiger partial charge on any atom is 0.179 e. The minimum absolute atomic E-state index is 0.362. The van der Waals surface area contributed by atoms with Crippen molar-refractivity contribution in [1.29, 1.82) is 0 Å². The number of pyridine rings is 1. The lowest BCUT2D eigenvalue weighted by Crippen LogP contribution is -1.92. The summed E-state index contributed by atoms with van der Waals surface area (Å²) in [7, 11) is 0. The van der Waals surface area contributed by atoms with E-state index in [4.69, 9.17) is 10.3 Å². The third kappa shape index (κ3) is 1.95. The Morgan fingerprint density at radius 2 is 1.70 bits per heavy atom. The van der Waals surface area contributed by atoms with E-state index in [1.807, 2.05) is 50.2 Å². The Bertz CT molecular complexity index is 727. The van der Waals surface area contributed by atoms with Crippen molar-refractivity contribution in [2.24, 2.45) is 0 Å². The molecule has 2 aromatic heterocycles. The molecule has 0 aliphatic rings. The van der Waals surface area contributed by atoms with Gasteiger partial charge in [-0.1, -0.05) is 29.4 Å². The zero-order chi connectivity index (χ0) is 14.1. The van der Waals surface area contributed by atoms with Crippen molar-refractivity contribution in [3.05, 3.63) is 53.7 Å². The highest BCUT2D eigenvalue weighted by atomic mass is 16.5. The van der Waals surface area contributed by atoms with E-state index in [0.717, 1.165) is 27.9 Å². The van der Waals surface area contributed by atoms with Gasteiger partial charge in [0.05, 0.1) is 11.3 Å². The first-order valence-corrected chi connectivity index (χ1v) is 6.41. The van der Waals surface area contributed by atoms with Crippen LogP contribution >= 0.6 is 0 Å². The van der Waals surface area contributed by atoms with Crippen molar-refractivity contribution in [1.82, 2.24) is 10.1 Å². The number of aryl methyl sites for hydroxylation is 2. The predicted octanol–water partition coefficient (Wildman–Crippen LogP) is 3.60. The zero-order valence-corrected chi connectivity index (χ0v) is 11.4. The van der Waals surface area contributed by atoms with Crippen molar-refractivity contribution >= 4 is 5.82 Å². The van der Waals surface area contributed by atoms with E-state index < -0.39 is 0 Å². The molecule has 0 saturated carbocycles. The van der Waals surface area contributed by atoms with Crippen molar-refractivity contribution in [2.75, 3.05) is 5.73 Å². The Labute approximate surface area is 117 Å². The molecule has 100 valence electrons. The quantitative estimate of drug-likeness (QED) is 0.768. The highest BCUT2D eigenvalue weighted by Crippen LogP contribution is 2.38. The highest BCUT2D eigenvalue weighted by molar-refractivity contribution is 5.86. The Morgan fingerprint density at radius 1 is 0.950 bits per heavy atom. The summed E-state index contributed by atoms with van der Waals surface area (Å²) in [5.74, 6) is 1.04. The molecule has 3 rings (SSSR count). The van der Waals surface area contributed by atoms with Crippen molar-refractivity contribution < 1.29 is 4.52 Å². The number of anilines is 1. The summed E-state index contributed by atoms with van der Waals surface area (Å²) in [6.45, 7) is 4.09. The summed E-state index contributed by atoms with van der Waals surface area (Å²) in [5.41, 5.74) is 10.8. The lowest BCUT2D eigenvalue weighted by molar-refractivity contribution is 0.435. The molecule has 0 spiro atoms. The molecule has 20 heavy (non-hydrogen) atoms. The third-order valence-corrected chi connectivity index (χ3v) is 3.35. The molecule has 4 nitrogen and oxygen atoms in total. The molecule has 0 fully saturated rings. The second-order valence-corrected chi connectivity index (χ2v) is 4.75. The number of nitrogen functional groups attached to an aromatic ring is 1. The minimum Gasteiger partial charge on any atom is -0.380 e. The van der Waals surface area contributed by atoms with Crippen LogP contribution in [0.15, 0.2) is 47.1 Å². The molecule has 0 radical (unpaired) electrons. The molecule has 1 aromatic carbocycles. The van der Waals surface area contributed by atoms with E-state index in [9.17, 15) is 0 Å². The standard InChI is InChI=1S/C16H15N3O/c1-10-6-5-7-11(2)13(10)15-14(16(17)19-20-15)12-8-3-4-9-18-12/h3-9H,1-2H3,(H2,17,19). The molecule has 0 aliphatic heterocycles. The van der Waals surface area contributed by atoms with Gasteiger partial charge in [0.1, 0.15) is 0 Å². The molecule has 0 unspecified atom stereocenters. The molecular formula is C16H15N3O. The molecule has 4 heteroatoms. The average Bonchev–Trinajstić information content (AvgIpc) is 2.81. The maximum absolute atomic E-state index is 5.97. The van der Waals surface area contributed by atoms with E-state index in [1.165, 1.54) is 0 Å². The molecule has 0 bridgehead atoms. The second kappa shape index (κ2) is 4.81. The van der Waals surface area contributed by atoms with Crippen LogP contribution in [0, 0.1) is 13.8 Å². The van der Waals surface area contributed by atoms with Gasteiger partial charge in [-0.2, -0.15) is 0 Å². The summed E-state index contributed by atoms with van der Waals surface area (Å²) in [4.78, 5) is 4.35. The first-order chi connectivity index (χ1) is 9.68. The van der Waals surface area contributed by atoms with Gasteiger partial charge in [-0.3, -0.25) is 4.98 Å². The molecular weight excluding hydrogens is 250 g/mol. The first kappa shape index (κ1) is 12.4. The molecule has 0 saturated heterocycles. The van der Waals surface area contributed by atoms with Crippen LogP contribution in [0.2, 0.25) is 0 Å². The second-order valence-electron chi connectivity index (χ2n) is 4.75. The number of hydrogen-bond donors (Lipinski definition) is 1. The number of hydrogen-bond acceptors (Lipinski definition) is 4. The van der Waals surface area contributed by atoms with Gasteiger partial charge in [0.2, 0.25) is 0 Å². The lowest BCUT2D eigenvalue weighted by atomic mass is 9.97. The van der Waals surface area contributed by atoms with E-state index in [-0.39, 0.29) is 0 Å². The summed E-state index contributed by atoms with van der Waals surface area (Å²) in [6.07, 6.45) is 1.73. The Morgan fingerprint density at radius 3 is 2.35 bits per heavy atom. The van der Waals surface area contributed by atoms with E-state index >= 15 is 0 Å². The summed E-state index contributed by atoms with van der Waals surface area (Å²) in [5, 5.41) is 3.91. The van der Waals surface area contributed by atoms with Crippen molar-refractivity contribution in [3.8, 4) is 22.6 Å². The Hall–Kier alpha value is -2.62. The predicted molar refractivity (Wildman–Crippen MR) is 79.1 cm³/mol. The third-order valence-electron chi connectivity index (χ3n) is 3.35. The minimum atomic E-state index is 0.362. The largest absolute Gasteiger partial charge is 0.380 e. The van der Waals surface area contributed by atoms with E-state index in [0.29, 0.717) is 11.6 Å². The van der Waals surface area contributed by atoms with Gasteiger partial charge in [0, 0.05) is 11.8 Å². The SMILES string of the molecule is Cc1cccc(C)c1-c1onc(N)c1-c1ccccn1. The summed E-state index contributed by atoms with van der Waals surface area (Å²) in [6, 6.07) is 11.8. The van der Waals surface area contributed by atoms with Crippen LogP contribution in [0.1, 0.15) is 11.1 Å². The Kier molecular flexibility index (Phi) is 2.99. The van der Waals surface area contributed by atoms with Crippen LogP contribution in [0.4, 0.5) is 5.82 Å². The van der Waals surface area contributed by atoms with Crippen molar-refractivity contribution in [3.63, 3.8) is 0 Å². The average molecular weight is 265 g/mol. The van der Waals surface area contributed by atoms with Crippen LogP contribution in [-0.2, 0) is 0 Å². The van der Waals surface area contributed by atoms with Crippen LogP contribution in [0.5, 0.6) is 0 Å². The topological polar surface area (TPSA) is 64.9 Å². The van der Waals surface area contributed by atoms with Crippen LogP contribution in [-0.4, -0.2) is 10.1 Å².